The van der Waals surface area contributed by atoms with Gasteiger partial charge < -0.3 is 5.32 Å². The van der Waals surface area contributed by atoms with Gasteiger partial charge in [0.1, 0.15) is 5.01 Å². The first-order valence-corrected chi connectivity index (χ1v) is 6.45. The van der Waals surface area contributed by atoms with Crippen molar-refractivity contribution in [2.24, 2.45) is 0 Å². The fraction of sp³-hybridized carbons (Fsp3) is 0.727. The van der Waals surface area contributed by atoms with Crippen molar-refractivity contribution in [2.75, 3.05) is 19.6 Å². The first-order valence-electron chi connectivity index (χ1n) is 5.57. The van der Waals surface area contributed by atoms with Gasteiger partial charge in [-0.1, -0.05) is 0 Å². The molecule has 2 atom stereocenters. The highest BCUT2D eigenvalue weighted by atomic mass is 32.1. The van der Waals surface area contributed by atoms with Gasteiger partial charge in [-0.3, -0.25) is 4.90 Å². The van der Waals surface area contributed by atoms with Gasteiger partial charge in [0.15, 0.2) is 0 Å². The number of rotatable bonds is 2. The molecule has 0 aliphatic carbocycles. The molecule has 2 unspecified atom stereocenters. The van der Waals surface area contributed by atoms with Crippen LogP contribution in [0.25, 0.3) is 0 Å². The molecule has 0 amide bonds. The number of nitrogens with one attached hydrogen (secondary N) is 1. The number of aromatic nitrogens is 1. The van der Waals surface area contributed by atoms with Gasteiger partial charge in [0, 0.05) is 36.8 Å². The Bertz CT molecular complexity index is 323. The molecule has 1 N–H and O–H groups in total. The monoisotopic (exact) mass is 225 g/mol. The van der Waals surface area contributed by atoms with Crippen molar-refractivity contribution in [1.29, 1.82) is 0 Å². The van der Waals surface area contributed by atoms with E-state index in [1.807, 2.05) is 0 Å². The van der Waals surface area contributed by atoms with Crippen molar-refractivity contribution >= 4 is 11.3 Å². The van der Waals surface area contributed by atoms with E-state index in [0.29, 0.717) is 12.1 Å². The van der Waals surface area contributed by atoms with Crippen LogP contribution in [0.2, 0.25) is 0 Å². The van der Waals surface area contributed by atoms with Crippen molar-refractivity contribution in [1.82, 2.24) is 15.2 Å². The van der Waals surface area contributed by atoms with Crippen LogP contribution < -0.4 is 5.32 Å². The molecule has 0 saturated carbocycles. The summed E-state index contributed by atoms with van der Waals surface area (Å²) < 4.78 is 0. The van der Waals surface area contributed by atoms with E-state index < -0.39 is 0 Å². The van der Waals surface area contributed by atoms with Gasteiger partial charge in [-0.2, -0.15) is 0 Å². The number of piperazine rings is 1. The van der Waals surface area contributed by atoms with Gasteiger partial charge in [0.05, 0.1) is 6.04 Å². The molecule has 0 spiro atoms. The van der Waals surface area contributed by atoms with Gasteiger partial charge in [-0.05, 0) is 20.8 Å². The van der Waals surface area contributed by atoms with Crippen LogP contribution in [0.15, 0.2) is 5.38 Å². The Hall–Kier alpha value is -0.450. The molecule has 2 rings (SSSR count). The second kappa shape index (κ2) is 4.60. The maximum absolute atomic E-state index is 4.58. The lowest BCUT2D eigenvalue weighted by atomic mass is 10.1. The second-order valence-electron chi connectivity index (χ2n) is 4.29. The lowest BCUT2D eigenvalue weighted by Crippen LogP contribution is -2.50. The third-order valence-electron chi connectivity index (χ3n) is 3.04. The molecule has 1 fully saturated rings. The highest BCUT2D eigenvalue weighted by Crippen LogP contribution is 2.25. The molecule has 1 aromatic heterocycles. The van der Waals surface area contributed by atoms with E-state index in [9.17, 15) is 0 Å². The second-order valence-corrected chi connectivity index (χ2v) is 5.18. The van der Waals surface area contributed by atoms with Gasteiger partial charge in [-0.25, -0.2) is 4.98 Å². The molecule has 2 heterocycles. The van der Waals surface area contributed by atoms with Crippen LogP contribution in [0, 0.1) is 6.92 Å². The van der Waals surface area contributed by atoms with Crippen molar-refractivity contribution < 1.29 is 0 Å². The normalized spacial score (nSPS) is 25.4. The van der Waals surface area contributed by atoms with Crippen LogP contribution in [0.4, 0.5) is 0 Å². The molecule has 1 saturated heterocycles. The van der Waals surface area contributed by atoms with Gasteiger partial charge >= 0.3 is 0 Å². The zero-order valence-electron chi connectivity index (χ0n) is 9.66. The van der Waals surface area contributed by atoms with Crippen LogP contribution in [-0.2, 0) is 0 Å². The molecule has 4 heteroatoms. The smallest absolute Gasteiger partial charge is 0.110 e. The van der Waals surface area contributed by atoms with Crippen molar-refractivity contribution in [2.45, 2.75) is 32.9 Å². The fourth-order valence-electron chi connectivity index (χ4n) is 2.14. The van der Waals surface area contributed by atoms with Crippen LogP contribution >= 0.6 is 11.3 Å². The van der Waals surface area contributed by atoms with E-state index in [4.69, 9.17) is 0 Å². The molecule has 15 heavy (non-hydrogen) atoms. The molecule has 0 radical (unpaired) electrons. The van der Waals surface area contributed by atoms with E-state index >= 15 is 0 Å². The fourth-order valence-corrected chi connectivity index (χ4v) is 3.01. The summed E-state index contributed by atoms with van der Waals surface area (Å²) >= 11 is 1.78. The highest BCUT2D eigenvalue weighted by Gasteiger charge is 2.25. The number of nitrogens with zero attached hydrogens (tertiary/aromatic N) is 2. The first kappa shape index (κ1) is 11.0. The molecule has 0 aromatic carbocycles. The third-order valence-corrected chi connectivity index (χ3v) is 4.18. The van der Waals surface area contributed by atoms with Crippen LogP contribution in [0.1, 0.15) is 30.6 Å². The molecule has 1 aliphatic rings. The van der Waals surface area contributed by atoms with E-state index in [2.05, 4.69) is 41.4 Å². The maximum atomic E-state index is 4.58. The lowest BCUT2D eigenvalue weighted by Gasteiger charge is -2.37. The predicted octanol–water partition coefficient (Wildman–Crippen LogP) is 1.81. The Morgan fingerprint density at radius 1 is 1.67 bits per heavy atom. The van der Waals surface area contributed by atoms with Crippen molar-refractivity contribution in [3.05, 3.63) is 16.1 Å². The Morgan fingerprint density at radius 2 is 2.47 bits per heavy atom. The van der Waals surface area contributed by atoms with E-state index in [1.54, 1.807) is 11.3 Å². The summed E-state index contributed by atoms with van der Waals surface area (Å²) in [6.45, 7) is 9.92. The molecular formula is C11H19N3S. The van der Waals surface area contributed by atoms with E-state index in [0.717, 1.165) is 25.3 Å². The topological polar surface area (TPSA) is 28.2 Å². The van der Waals surface area contributed by atoms with Gasteiger partial charge in [0.2, 0.25) is 0 Å². The summed E-state index contributed by atoms with van der Waals surface area (Å²) in [7, 11) is 0. The summed E-state index contributed by atoms with van der Waals surface area (Å²) in [4.78, 5) is 7.11. The average molecular weight is 225 g/mol. The molecule has 0 bridgehead atoms. The maximum Gasteiger partial charge on any atom is 0.110 e. The first-order chi connectivity index (χ1) is 7.18. The summed E-state index contributed by atoms with van der Waals surface area (Å²) in [5.41, 5.74) is 1.14. The molecular weight excluding hydrogens is 206 g/mol. The molecule has 3 nitrogen and oxygen atoms in total. The summed E-state index contributed by atoms with van der Waals surface area (Å²) in [6, 6.07) is 1.07. The zero-order chi connectivity index (χ0) is 10.8. The van der Waals surface area contributed by atoms with Crippen LogP contribution in [0.5, 0.6) is 0 Å². The number of hydrogen-bond acceptors (Lipinski definition) is 4. The zero-order valence-corrected chi connectivity index (χ0v) is 10.5. The predicted molar refractivity (Wildman–Crippen MR) is 64.3 cm³/mol. The lowest BCUT2D eigenvalue weighted by molar-refractivity contribution is 0.126. The standard InChI is InChI=1S/C11H19N3S/c1-8-7-15-11(13-8)10(3)14-5-4-12-6-9(14)2/h7,9-10,12H,4-6H2,1-3H3. The number of thiazole rings is 1. The number of hydrogen-bond donors (Lipinski definition) is 1. The van der Waals surface area contributed by atoms with E-state index in [1.165, 1.54) is 5.01 Å². The highest BCUT2D eigenvalue weighted by molar-refractivity contribution is 7.09. The quantitative estimate of drug-likeness (QED) is 0.832. The van der Waals surface area contributed by atoms with Crippen LogP contribution in [0.3, 0.4) is 0 Å². The Balaban J connectivity index is 2.09. The Morgan fingerprint density at radius 3 is 3.07 bits per heavy atom. The SMILES string of the molecule is Cc1csc(C(C)N2CCNCC2C)n1. The van der Waals surface area contributed by atoms with Gasteiger partial charge in [-0.15, -0.1) is 11.3 Å². The molecule has 1 aromatic rings. The minimum absolute atomic E-state index is 0.459. The van der Waals surface area contributed by atoms with Crippen LogP contribution in [-0.4, -0.2) is 35.6 Å². The summed E-state index contributed by atoms with van der Waals surface area (Å²) in [5, 5.41) is 6.81. The number of aryl methyl sites for hydroxylation is 1. The Labute approximate surface area is 95.5 Å². The van der Waals surface area contributed by atoms with Crippen molar-refractivity contribution in [3.63, 3.8) is 0 Å². The third kappa shape index (κ3) is 2.38. The minimum atomic E-state index is 0.459. The molecule has 84 valence electrons. The summed E-state index contributed by atoms with van der Waals surface area (Å²) in [6.07, 6.45) is 0. The van der Waals surface area contributed by atoms with E-state index in [-0.39, 0.29) is 0 Å². The minimum Gasteiger partial charge on any atom is -0.314 e. The van der Waals surface area contributed by atoms with Gasteiger partial charge in [0.25, 0.3) is 0 Å². The van der Waals surface area contributed by atoms with Crippen molar-refractivity contribution in [3.8, 4) is 0 Å². The Kier molecular flexibility index (Phi) is 3.38. The molecule has 1 aliphatic heterocycles. The average Bonchev–Trinajstić information content (AvgIpc) is 2.65. The largest absolute Gasteiger partial charge is 0.314 e. The summed E-state index contributed by atoms with van der Waals surface area (Å²) in [5.74, 6) is 0.